The van der Waals surface area contributed by atoms with E-state index in [1.54, 1.807) is 6.20 Å². The van der Waals surface area contributed by atoms with Crippen molar-refractivity contribution >= 4 is 0 Å². The molecule has 19 heavy (non-hydrogen) atoms. The Labute approximate surface area is 111 Å². The highest BCUT2D eigenvalue weighted by Crippen LogP contribution is 2.14. The van der Waals surface area contributed by atoms with Gasteiger partial charge in [-0.3, -0.25) is 9.88 Å². The second kappa shape index (κ2) is 5.46. The SMILES string of the molecule is C[C@@H]1CNCCN1Cc1nc(-c2ccccn2)no1. The molecule has 3 heterocycles. The standard InChI is InChI=1S/C13H17N5O/c1-10-8-14-6-7-18(10)9-12-16-13(17-19-12)11-4-2-3-5-15-11/h2-5,10,14H,6-9H2,1H3/t10-/m1/s1. The molecule has 100 valence electrons. The van der Waals surface area contributed by atoms with Crippen LogP contribution in [0.3, 0.4) is 0 Å². The highest BCUT2D eigenvalue weighted by molar-refractivity contribution is 5.46. The lowest BCUT2D eigenvalue weighted by molar-refractivity contribution is 0.146. The van der Waals surface area contributed by atoms with Crippen molar-refractivity contribution < 1.29 is 4.52 Å². The number of piperazine rings is 1. The number of nitrogens with one attached hydrogen (secondary N) is 1. The summed E-state index contributed by atoms with van der Waals surface area (Å²) in [5, 5.41) is 7.35. The summed E-state index contributed by atoms with van der Waals surface area (Å²) in [5.74, 6) is 1.20. The van der Waals surface area contributed by atoms with Gasteiger partial charge in [0.15, 0.2) is 0 Å². The molecule has 6 heteroatoms. The second-order valence-corrected chi connectivity index (χ2v) is 4.75. The molecule has 1 aliphatic rings. The first-order chi connectivity index (χ1) is 9.33. The number of pyridine rings is 1. The normalized spacial score (nSPS) is 20.6. The van der Waals surface area contributed by atoms with Crippen molar-refractivity contribution in [2.24, 2.45) is 0 Å². The highest BCUT2D eigenvalue weighted by Gasteiger charge is 2.20. The molecule has 0 spiro atoms. The van der Waals surface area contributed by atoms with E-state index in [0.717, 1.165) is 25.3 Å². The first kappa shape index (κ1) is 12.3. The van der Waals surface area contributed by atoms with E-state index in [1.165, 1.54) is 0 Å². The van der Waals surface area contributed by atoms with Crippen LogP contribution in [0, 0.1) is 0 Å². The summed E-state index contributed by atoms with van der Waals surface area (Å²) in [7, 11) is 0. The van der Waals surface area contributed by atoms with E-state index in [2.05, 4.69) is 32.3 Å². The van der Waals surface area contributed by atoms with Crippen LogP contribution in [-0.2, 0) is 6.54 Å². The van der Waals surface area contributed by atoms with E-state index in [-0.39, 0.29) is 0 Å². The third kappa shape index (κ3) is 2.80. The van der Waals surface area contributed by atoms with Gasteiger partial charge in [-0.15, -0.1) is 0 Å². The Morgan fingerprint density at radius 3 is 3.21 bits per heavy atom. The fraction of sp³-hybridized carbons (Fsp3) is 0.462. The molecule has 0 amide bonds. The summed E-state index contributed by atoms with van der Waals surface area (Å²) < 4.78 is 5.31. The molecule has 1 fully saturated rings. The van der Waals surface area contributed by atoms with Crippen molar-refractivity contribution in [2.45, 2.75) is 19.5 Å². The van der Waals surface area contributed by atoms with Gasteiger partial charge in [-0.2, -0.15) is 4.98 Å². The molecule has 0 saturated carbocycles. The van der Waals surface area contributed by atoms with Gasteiger partial charge >= 0.3 is 0 Å². The first-order valence-corrected chi connectivity index (χ1v) is 6.51. The molecule has 6 nitrogen and oxygen atoms in total. The fourth-order valence-corrected chi connectivity index (χ4v) is 2.21. The van der Waals surface area contributed by atoms with Crippen molar-refractivity contribution in [3.8, 4) is 11.5 Å². The number of rotatable bonds is 3. The summed E-state index contributed by atoms with van der Waals surface area (Å²) in [6, 6.07) is 6.14. The maximum atomic E-state index is 5.31. The van der Waals surface area contributed by atoms with Crippen LogP contribution >= 0.6 is 0 Å². The van der Waals surface area contributed by atoms with Gasteiger partial charge in [0, 0.05) is 31.9 Å². The van der Waals surface area contributed by atoms with Gasteiger partial charge in [0.2, 0.25) is 11.7 Å². The quantitative estimate of drug-likeness (QED) is 0.884. The summed E-state index contributed by atoms with van der Waals surface area (Å²) >= 11 is 0. The lowest BCUT2D eigenvalue weighted by atomic mass is 10.2. The molecule has 0 aromatic carbocycles. The summed E-state index contributed by atoms with van der Waals surface area (Å²) in [6.45, 7) is 5.90. The first-order valence-electron chi connectivity index (χ1n) is 6.51. The van der Waals surface area contributed by atoms with Crippen LogP contribution in [-0.4, -0.2) is 45.7 Å². The monoisotopic (exact) mass is 259 g/mol. The number of nitrogens with zero attached hydrogens (tertiary/aromatic N) is 4. The molecule has 1 saturated heterocycles. The van der Waals surface area contributed by atoms with Crippen molar-refractivity contribution in [2.75, 3.05) is 19.6 Å². The number of hydrogen-bond donors (Lipinski definition) is 1. The zero-order chi connectivity index (χ0) is 13.1. The topological polar surface area (TPSA) is 67.1 Å². The van der Waals surface area contributed by atoms with Crippen molar-refractivity contribution in [1.82, 2.24) is 25.3 Å². The molecule has 0 radical (unpaired) electrons. The Morgan fingerprint density at radius 1 is 1.47 bits per heavy atom. The highest BCUT2D eigenvalue weighted by atomic mass is 16.5. The van der Waals surface area contributed by atoms with Gasteiger partial charge in [0.05, 0.1) is 6.54 Å². The van der Waals surface area contributed by atoms with Crippen LogP contribution in [0.2, 0.25) is 0 Å². The molecule has 3 rings (SSSR count). The zero-order valence-electron chi connectivity index (χ0n) is 10.9. The van der Waals surface area contributed by atoms with Gasteiger partial charge in [-0.1, -0.05) is 11.2 Å². The van der Waals surface area contributed by atoms with Crippen molar-refractivity contribution in [3.63, 3.8) is 0 Å². The van der Waals surface area contributed by atoms with Gasteiger partial charge in [0.1, 0.15) is 5.69 Å². The molecule has 1 atom stereocenters. The van der Waals surface area contributed by atoms with Crippen LogP contribution in [0.15, 0.2) is 28.9 Å². The summed E-state index contributed by atoms with van der Waals surface area (Å²) in [5.41, 5.74) is 0.742. The molecule has 1 N–H and O–H groups in total. The number of hydrogen-bond acceptors (Lipinski definition) is 6. The Kier molecular flexibility index (Phi) is 3.52. The van der Waals surface area contributed by atoms with Crippen molar-refractivity contribution in [1.29, 1.82) is 0 Å². The Hall–Kier alpha value is -1.79. The van der Waals surface area contributed by atoms with Crippen LogP contribution in [0.25, 0.3) is 11.5 Å². The average Bonchev–Trinajstić information content (AvgIpc) is 2.91. The predicted octanol–water partition coefficient (Wildman–Crippen LogP) is 0.925. The zero-order valence-corrected chi connectivity index (χ0v) is 10.9. The minimum absolute atomic E-state index is 0.485. The van der Waals surface area contributed by atoms with E-state index < -0.39 is 0 Å². The van der Waals surface area contributed by atoms with Crippen LogP contribution in [0.4, 0.5) is 0 Å². The fourth-order valence-electron chi connectivity index (χ4n) is 2.21. The molecular weight excluding hydrogens is 242 g/mol. The molecule has 2 aromatic heterocycles. The van der Waals surface area contributed by atoms with Gasteiger partial charge in [-0.05, 0) is 19.1 Å². The third-order valence-corrected chi connectivity index (χ3v) is 3.34. The lowest BCUT2D eigenvalue weighted by Crippen LogP contribution is -2.49. The smallest absolute Gasteiger partial charge is 0.241 e. The molecular formula is C13H17N5O. The minimum atomic E-state index is 0.485. The Morgan fingerprint density at radius 2 is 2.42 bits per heavy atom. The van der Waals surface area contributed by atoms with Crippen molar-refractivity contribution in [3.05, 3.63) is 30.3 Å². The van der Waals surface area contributed by atoms with E-state index >= 15 is 0 Å². The van der Waals surface area contributed by atoms with Gasteiger partial charge < -0.3 is 9.84 Å². The van der Waals surface area contributed by atoms with E-state index in [9.17, 15) is 0 Å². The Balaban J connectivity index is 1.71. The average molecular weight is 259 g/mol. The van der Waals surface area contributed by atoms with Gasteiger partial charge in [-0.25, -0.2) is 0 Å². The van der Waals surface area contributed by atoms with E-state index in [0.29, 0.717) is 24.3 Å². The molecule has 0 bridgehead atoms. The van der Waals surface area contributed by atoms with E-state index in [1.807, 2.05) is 18.2 Å². The maximum Gasteiger partial charge on any atom is 0.241 e. The second-order valence-electron chi connectivity index (χ2n) is 4.75. The molecule has 0 unspecified atom stereocenters. The third-order valence-electron chi connectivity index (χ3n) is 3.34. The molecule has 1 aliphatic heterocycles. The van der Waals surface area contributed by atoms with Crippen LogP contribution < -0.4 is 5.32 Å². The predicted molar refractivity (Wildman–Crippen MR) is 70.3 cm³/mol. The maximum absolute atomic E-state index is 5.31. The largest absolute Gasteiger partial charge is 0.337 e. The minimum Gasteiger partial charge on any atom is -0.337 e. The molecule has 2 aromatic rings. The Bertz CT molecular complexity index is 527. The summed E-state index contributed by atoms with van der Waals surface area (Å²) in [4.78, 5) is 11.0. The van der Waals surface area contributed by atoms with Crippen LogP contribution in [0.1, 0.15) is 12.8 Å². The molecule has 0 aliphatic carbocycles. The van der Waals surface area contributed by atoms with Crippen LogP contribution in [0.5, 0.6) is 0 Å². The summed E-state index contributed by atoms with van der Waals surface area (Å²) in [6.07, 6.45) is 1.73. The van der Waals surface area contributed by atoms with Gasteiger partial charge in [0.25, 0.3) is 0 Å². The van der Waals surface area contributed by atoms with E-state index in [4.69, 9.17) is 4.52 Å². The number of aromatic nitrogens is 3. The lowest BCUT2D eigenvalue weighted by Gasteiger charge is -2.32.